The van der Waals surface area contributed by atoms with Gasteiger partial charge in [0.2, 0.25) is 0 Å². The number of rotatable bonds is 3. The molecule has 4 nitrogen and oxygen atoms in total. The molecule has 2 aliphatic heterocycles. The molecular formula is C16H19NO3S2. The van der Waals surface area contributed by atoms with Crippen molar-refractivity contribution in [3.8, 4) is 0 Å². The summed E-state index contributed by atoms with van der Waals surface area (Å²) in [5.41, 5.74) is 1.82. The second-order valence-corrected chi connectivity index (χ2v) is 8.27. The first kappa shape index (κ1) is 15.7. The van der Waals surface area contributed by atoms with E-state index in [1.807, 2.05) is 47.8 Å². The maximum Gasteiger partial charge on any atom is 0.326 e. The number of carbonyl (C=O) groups is 2. The molecule has 1 amide bonds. The molecular weight excluding hydrogens is 318 g/mol. The summed E-state index contributed by atoms with van der Waals surface area (Å²) in [6.45, 7) is 0.534. The van der Waals surface area contributed by atoms with Gasteiger partial charge in [0, 0.05) is 23.6 Å². The lowest BCUT2D eigenvalue weighted by Gasteiger charge is -2.33. The van der Waals surface area contributed by atoms with E-state index in [0.29, 0.717) is 23.1 Å². The van der Waals surface area contributed by atoms with Crippen LogP contribution in [0.15, 0.2) is 24.3 Å². The summed E-state index contributed by atoms with van der Waals surface area (Å²) >= 11 is 3.86. The quantitative estimate of drug-likeness (QED) is 0.917. The highest BCUT2D eigenvalue weighted by Gasteiger charge is 2.32. The van der Waals surface area contributed by atoms with E-state index >= 15 is 0 Å². The fourth-order valence-electron chi connectivity index (χ4n) is 2.93. The zero-order chi connectivity index (χ0) is 15.5. The smallest absolute Gasteiger partial charge is 0.326 e. The molecule has 22 heavy (non-hydrogen) atoms. The van der Waals surface area contributed by atoms with Crippen LogP contribution in [0.5, 0.6) is 0 Å². The summed E-state index contributed by atoms with van der Waals surface area (Å²) in [4.78, 5) is 25.4. The number of carboxylic acid groups (broad SMARTS) is 1. The van der Waals surface area contributed by atoms with Gasteiger partial charge in [0.25, 0.3) is 5.91 Å². The maximum absolute atomic E-state index is 12.6. The fourth-order valence-corrected chi connectivity index (χ4v) is 5.79. The number of carboxylic acids is 1. The predicted octanol–water partition coefficient (Wildman–Crippen LogP) is 3.24. The minimum atomic E-state index is -0.900. The van der Waals surface area contributed by atoms with Crippen molar-refractivity contribution in [3.63, 3.8) is 0 Å². The van der Waals surface area contributed by atoms with E-state index in [0.717, 1.165) is 12.8 Å². The highest BCUT2D eigenvalue weighted by atomic mass is 32.2. The van der Waals surface area contributed by atoms with Crippen LogP contribution in [0.2, 0.25) is 0 Å². The van der Waals surface area contributed by atoms with E-state index in [-0.39, 0.29) is 5.91 Å². The van der Waals surface area contributed by atoms with Gasteiger partial charge in [-0.3, -0.25) is 4.79 Å². The summed E-state index contributed by atoms with van der Waals surface area (Å²) in [7, 11) is 0. The van der Waals surface area contributed by atoms with Crippen LogP contribution >= 0.6 is 23.5 Å². The van der Waals surface area contributed by atoms with Crippen molar-refractivity contribution in [3.05, 3.63) is 35.4 Å². The number of thioether (sulfide) groups is 2. The van der Waals surface area contributed by atoms with Crippen molar-refractivity contribution in [1.82, 2.24) is 4.90 Å². The minimum Gasteiger partial charge on any atom is -0.480 e. The minimum absolute atomic E-state index is 0.162. The number of carbonyl (C=O) groups excluding carboxylic acids is 1. The van der Waals surface area contributed by atoms with Crippen molar-refractivity contribution in [2.45, 2.75) is 29.9 Å². The molecule has 1 atom stereocenters. The molecule has 0 aliphatic carbocycles. The van der Waals surface area contributed by atoms with Gasteiger partial charge in [-0.1, -0.05) is 12.1 Å². The lowest BCUT2D eigenvalue weighted by atomic mass is 10.0. The zero-order valence-electron chi connectivity index (χ0n) is 12.2. The van der Waals surface area contributed by atoms with E-state index in [4.69, 9.17) is 0 Å². The number of likely N-dealkylation sites (tertiary alicyclic amines) is 1. The highest BCUT2D eigenvalue weighted by molar-refractivity contribution is 8.19. The molecule has 2 fully saturated rings. The third-order valence-electron chi connectivity index (χ3n) is 4.10. The first-order valence-electron chi connectivity index (χ1n) is 7.54. The Balaban J connectivity index is 1.74. The number of benzene rings is 1. The number of hydrogen-bond acceptors (Lipinski definition) is 4. The van der Waals surface area contributed by atoms with Gasteiger partial charge >= 0.3 is 5.97 Å². The summed E-state index contributed by atoms with van der Waals surface area (Å²) in [6, 6.07) is 7.00. The van der Waals surface area contributed by atoms with Crippen LogP contribution in [0.3, 0.4) is 0 Å². The third kappa shape index (κ3) is 3.27. The standard InChI is InChI=1S/C16H19NO3S2/c18-14(17-8-2-1-3-13(17)15(19)20)11-4-6-12(7-5-11)16-21-9-10-22-16/h4-7,13,16H,1-3,8-10H2,(H,19,20)/t13-/m1/s1. The normalized spacial score (nSPS) is 22.7. The molecule has 0 bridgehead atoms. The van der Waals surface area contributed by atoms with Gasteiger partial charge in [-0.2, -0.15) is 0 Å². The Morgan fingerprint density at radius 1 is 1.09 bits per heavy atom. The molecule has 0 aromatic heterocycles. The third-order valence-corrected chi connectivity index (χ3v) is 7.20. The number of aliphatic carboxylic acids is 1. The van der Waals surface area contributed by atoms with Crippen LogP contribution in [0.1, 0.15) is 39.8 Å². The topological polar surface area (TPSA) is 57.6 Å². The number of piperidine rings is 1. The molecule has 0 radical (unpaired) electrons. The summed E-state index contributed by atoms with van der Waals surface area (Å²) in [5, 5.41) is 9.29. The van der Waals surface area contributed by atoms with Gasteiger partial charge in [0.1, 0.15) is 6.04 Å². The van der Waals surface area contributed by atoms with E-state index in [9.17, 15) is 14.7 Å². The predicted molar refractivity (Wildman–Crippen MR) is 90.4 cm³/mol. The maximum atomic E-state index is 12.6. The van der Waals surface area contributed by atoms with E-state index < -0.39 is 12.0 Å². The van der Waals surface area contributed by atoms with Crippen molar-refractivity contribution >= 4 is 35.4 Å². The molecule has 2 saturated heterocycles. The van der Waals surface area contributed by atoms with E-state index in [1.165, 1.54) is 22.0 Å². The average Bonchev–Trinajstić information content (AvgIpc) is 3.09. The van der Waals surface area contributed by atoms with Gasteiger partial charge < -0.3 is 10.0 Å². The second kappa shape index (κ2) is 6.96. The Labute approximate surface area is 138 Å². The SMILES string of the molecule is O=C(O)[C@H]1CCCCN1C(=O)c1ccc(C2SCCS2)cc1. The monoisotopic (exact) mass is 337 g/mol. The Hall–Kier alpha value is -1.14. The largest absolute Gasteiger partial charge is 0.480 e. The van der Waals surface area contributed by atoms with Crippen LogP contribution in [0.4, 0.5) is 0 Å². The van der Waals surface area contributed by atoms with Crippen molar-refractivity contribution in [1.29, 1.82) is 0 Å². The number of nitrogens with zero attached hydrogens (tertiary/aromatic N) is 1. The summed E-state index contributed by atoms with van der Waals surface area (Å²) < 4.78 is 0.464. The molecule has 1 aromatic carbocycles. The highest BCUT2D eigenvalue weighted by Crippen LogP contribution is 2.45. The van der Waals surface area contributed by atoms with Crippen molar-refractivity contribution < 1.29 is 14.7 Å². The van der Waals surface area contributed by atoms with Gasteiger partial charge in [-0.15, -0.1) is 23.5 Å². The van der Waals surface area contributed by atoms with Crippen LogP contribution in [-0.2, 0) is 4.79 Å². The van der Waals surface area contributed by atoms with Gasteiger partial charge in [-0.05, 0) is 37.0 Å². The first-order chi connectivity index (χ1) is 10.7. The molecule has 0 saturated carbocycles. The summed E-state index contributed by atoms with van der Waals surface area (Å²) in [5.74, 6) is 1.28. The molecule has 2 heterocycles. The summed E-state index contributed by atoms with van der Waals surface area (Å²) in [6.07, 6.45) is 2.30. The molecule has 2 aliphatic rings. The Morgan fingerprint density at radius 3 is 2.41 bits per heavy atom. The lowest BCUT2D eigenvalue weighted by Crippen LogP contribution is -2.47. The van der Waals surface area contributed by atoms with Crippen molar-refractivity contribution in [2.75, 3.05) is 18.1 Å². The van der Waals surface area contributed by atoms with E-state index in [1.54, 1.807) is 0 Å². The molecule has 6 heteroatoms. The Bertz CT molecular complexity index is 555. The fraction of sp³-hybridized carbons (Fsp3) is 0.500. The molecule has 1 aromatic rings. The average molecular weight is 337 g/mol. The molecule has 3 rings (SSSR count). The van der Waals surface area contributed by atoms with Gasteiger partial charge in [0.15, 0.2) is 0 Å². The van der Waals surface area contributed by atoms with Crippen LogP contribution in [0, 0.1) is 0 Å². The van der Waals surface area contributed by atoms with Crippen LogP contribution in [-0.4, -0.2) is 46.0 Å². The second-order valence-electron chi connectivity index (χ2n) is 5.54. The van der Waals surface area contributed by atoms with E-state index in [2.05, 4.69) is 0 Å². The zero-order valence-corrected chi connectivity index (χ0v) is 13.9. The van der Waals surface area contributed by atoms with Gasteiger partial charge in [-0.25, -0.2) is 4.79 Å². The molecule has 0 spiro atoms. The van der Waals surface area contributed by atoms with Crippen molar-refractivity contribution in [2.24, 2.45) is 0 Å². The Morgan fingerprint density at radius 2 is 1.77 bits per heavy atom. The molecule has 1 N–H and O–H groups in total. The van der Waals surface area contributed by atoms with Crippen LogP contribution in [0.25, 0.3) is 0 Å². The molecule has 118 valence electrons. The lowest BCUT2D eigenvalue weighted by molar-refractivity contribution is -0.143. The van der Waals surface area contributed by atoms with Crippen LogP contribution < -0.4 is 0 Å². The Kier molecular flexibility index (Phi) is 4.98. The van der Waals surface area contributed by atoms with Gasteiger partial charge in [0.05, 0.1) is 4.58 Å². The number of hydrogen-bond donors (Lipinski definition) is 1. The molecule has 0 unspecified atom stereocenters. The first-order valence-corrected chi connectivity index (χ1v) is 9.63. The number of amides is 1.